The van der Waals surface area contributed by atoms with Crippen LogP contribution in [0.25, 0.3) is 17.3 Å². The monoisotopic (exact) mass is 419 g/mol. The number of carbonyl (C=O) groups excluding carboxylic acids is 1. The summed E-state index contributed by atoms with van der Waals surface area (Å²) in [6.45, 7) is 2.05. The van der Waals surface area contributed by atoms with E-state index in [0.29, 0.717) is 16.6 Å². The summed E-state index contributed by atoms with van der Waals surface area (Å²) in [6, 6.07) is 15.4. The van der Waals surface area contributed by atoms with Gasteiger partial charge in [0.1, 0.15) is 6.07 Å². The molecule has 1 aromatic heterocycles. The fourth-order valence-electron chi connectivity index (χ4n) is 2.71. The van der Waals surface area contributed by atoms with Gasteiger partial charge in [0.2, 0.25) is 5.91 Å². The van der Waals surface area contributed by atoms with E-state index in [1.807, 2.05) is 23.6 Å². The molecule has 0 spiro atoms. The van der Waals surface area contributed by atoms with Crippen molar-refractivity contribution in [3.8, 4) is 28.8 Å². The molecule has 0 fully saturated rings. The van der Waals surface area contributed by atoms with Gasteiger partial charge in [-0.1, -0.05) is 37.3 Å². The maximum absolute atomic E-state index is 12.3. The third kappa shape index (κ3) is 5.46. The Balaban J connectivity index is 1.63. The number of hydrogen-bond acceptors (Lipinski definition) is 6. The summed E-state index contributed by atoms with van der Waals surface area (Å²) in [5.41, 5.74) is 3.89. The normalized spacial score (nSPS) is 10.6. The number of nitrogens with one attached hydrogen (secondary N) is 1. The van der Waals surface area contributed by atoms with Crippen LogP contribution in [0.3, 0.4) is 0 Å². The van der Waals surface area contributed by atoms with Crippen LogP contribution >= 0.6 is 11.3 Å². The van der Waals surface area contributed by atoms with Crippen LogP contribution in [0, 0.1) is 11.3 Å². The third-order valence-electron chi connectivity index (χ3n) is 4.30. The molecule has 0 atom stereocenters. The van der Waals surface area contributed by atoms with Crippen molar-refractivity contribution in [2.24, 2.45) is 0 Å². The van der Waals surface area contributed by atoms with Crippen molar-refractivity contribution in [3.05, 3.63) is 65.0 Å². The van der Waals surface area contributed by atoms with Gasteiger partial charge in [-0.15, -0.1) is 11.3 Å². The number of aryl methyl sites for hydroxylation is 1. The Morgan fingerprint density at radius 3 is 2.73 bits per heavy atom. The quantitative estimate of drug-likeness (QED) is 0.523. The van der Waals surface area contributed by atoms with Gasteiger partial charge in [0.25, 0.3) is 0 Å². The highest BCUT2D eigenvalue weighted by molar-refractivity contribution is 7.14. The number of benzene rings is 2. The molecule has 0 unspecified atom stereocenters. The Labute approximate surface area is 179 Å². The molecular weight excluding hydrogens is 398 g/mol. The highest BCUT2D eigenvalue weighted by Crippen LogP contribution is 2.29. The van der Waals surface area contributed by atoms with Crippen LogP contribution in [-0.4, -0.2) is 24.6 Å². The standard InChI is InChI=1S/C23H21N3O3S/c1-3-16-4-8-18(9-5-16)19-15-30-23(25-19)26-22(27)11-7-17-6-10-20(29-13-12-24)21(14-17)28-2/h4-11,14-15H,3,13H2,1-2H3,(H,25,26,27)/b11-7+. The highest BCUT2D eigenvalue weighted by Gasteiger charge is 2.08. The molecule has 3 rings (SSSR count). The van der Waals surface area contributed by atoms with Crippen molar-refractivity contribution >= 4 is 28.5 Å². The average molecular weight is 420 g/mol. The van der Waals surface area contributed by atoms with E-state index in [0.717, 1.165) is 23.2 Å². The number of aromatic nitrogens is 1. The van der Waals surface area contributed by atoms with Crippen LogP contribution in [0.5, 0.6) is 11.5 Å². The maximum atomic E-state index is 12.3. The van der Waals surface area contributed by atoms with E-state index in [-0.39, 0.29) is 12.5 Å². The van der Waals surface area contributed by atoms with Crippen molar-refractivity contribution < 1.29 is 14.3 Å². The Morgan fingerprint density at radius 2 is 2.03 bits per heavy atom. The van der Waals surface area contributed by atoms with Crippen LogP contribution < -0.4 is 14.8 Å². The summed E-state index contributed by atoms with van der Waals surface area (Å²) in [4.78, 5) is 16.7. The zero-order valence-corrected chi connectivity index (χ0v) is 17.5. The molecule has 7 heteroatoms. The Morgan fingerprint density at radius 1 is 1.23 bits per heavy atom. The average Bonchev–Trinajstić information content (AvgIpc) is 3.24. The van der Waals surface area contributed by atoms with Gasteiger partial charge >= 0.3 is 0 Å². The molecule has 0 radical (unpaired) electrons. The molecule has 152 valence electrons. The van der Waals surface area contributed by atoms with Crippen molar-refractivity contribution in [3.63, 3.8) is 0 Å². The van der Waals surface area contributed by atoms with Gasteiger partial charge in [-0.25, -0.2) is 4.98 Å². The molecule has 2 aromatic carbocycles. The number of rotatable bonds is 8. The molecule has 0 aliphatic heterocycles. The highest BCUT2D eigenvalue weighted by atomic mass is 32.1. The lowest BCUT2D eigenvalue weighted by Gasteiger charge is -2.08. The van der Waals surface area contributed by atoms with Crippen molar-refractivity contribution in [1.82, 2.24) is 4.98 Å². The zero-order valence-electron chi connectivity index (χ0n) is 16.7. The van der Waals surface area contributed by atoms with Gasteiger partial charge in [0.05, 0.1) is 12.8 Å². The molecule has 1 heterocycles. The molecule has 0 aliphatic rings. The molecule has 1 amide bonds. The summed E-state index contributed by atoms with van der Waals surface area (Å²) >= 11 is 1.38. The topological polar surface area (TPSA) is 84.2 Å². The van der Waals surface area contributed by atoms with Gasteiger partial charge in [-0.2, -0.15) is 5.26 Å². The largest absolute Gasteiger partial charge is 0.493 e. The van der Waals surface area contributed by atoms with Gasteiger partial charge in [-0.3, -0.25) is 10.1 Å². The zero-order chi connectivity index (χ0) is 21.3. The van der Waals surface area contributed by atoms with Crippen molar-refractivity contribution in [2.75, 3.05) is 19.0 Å². The fraction of sp³-hybridized carbons (Fsp3) is 0.174. The number of hydrogen-bond donors (Lipinski definition) is 1. The fourth-order valence-corrected chi connectivity index (χ4v) is 3.43. The van der Waals surface area contributed by atoms with Gasteiger partial charge in [0, 0.05) is 17.0 Å². The number of anilines is 1. The predicted molar refractivity (Wildman–Crippen MR) is 119 cm³/mol. The molecule has 0 saturated carbocycles. The molecule has 0 bridgehead atoms. The smallest absolute Gasteiger partial charge is 0.250 e. The first-order valence-electron chi connectivity index (χ1n) is 9.34. The number of nitriles is 1. The summed E-state index contributed by atoms with van der Waals surface area (Å²) in [6.07, 6.45) is 4.10. The summed E-state index contributed by atoms with van der Waals surface area (Å²) in [5, 5.41) is 13.9. The van der Waals surface area contributed by atoms with Gasteiger partial charge in [-0.05, 0) is 35.8 Å². The SMILES string of the molecule is CCc1ccc(-c2csc(NC(=O)/C=C/c3ccc(OCC#N)c(OC)c3)n2)cc1. The van der Waals surface area contributed by atoms with Crippen LogP contribution in [0.1, 0.15) is 18.1 Å². The second-order valence-corrected chi connectivity index (χ2v) is 7.13. The number of thiazole rings is 1. The second kappa shape index (κ2) is 10.2. The van der Waals surface area contributed by atoms with E-state index >= 15 is 0 Å². The van der Waals surface area contributed by atoms with Gasteiger partial charge < -0.3 is 9.47 Å². The maximum Gasteiger partial charge on any atom is 0.250 e. The van der Waals surface area contributed by atoms with Crippen LogP contribution in [0.4, 0.5) is 5.13 Å². The molecule has 0 aliphatic carbocycles. The number of carbonyl (C=O) groups is 1. The Hall–Kier alpha value is -3.63. The number of amides is 1. The van der Waals surface area contributed by atoms with E-state index in [2.05, 4.69) is 29.4 Å². The number of ether oxygens (including phenoxy) is 2. The number of methoxy groups -OCH3 is 1. The van der Waals surface area contributed by atoms with E-state index < -0.39 is 0 Å². The lowest BCUT2D eigenvalue weighted by molar-refractivity contribution is -0.111. The molecule has 0 saturated heterocycles. The van der Waals surface area contributed by atoms with E-state index in [1.165, 1.54) is 30.1 Å². The van der Waals surface area contributed by atoms with E-state index in [9.17, 15) is 4.79 Å². The molecule has 30 heavy (non-hydrogen) atoms. The molecule has 6 nitrogen and oxygen atoms in total. The van der Waals surface area contributed by atoms with Crippen LogP contribution in [0.2, 0.25) is 0 Å². The Bertz CT molecular complexity index is 1080. The minimum absolute atomic E-state index is 0.0630. The third-order valence-corrected chi connectivity index (χ3v) is 5.06. The molecule has 3 aromatic rings. The minimum atomic E-state index is -0.277. The first-order chi connectivity index (χ1) is 14.6. The van der Waals surface area contributed by atoms with Crippen molar-refractivity contribution in [2.45, 2.75) is 13.3 Å². The summed E-state index contributed by atoms with van der Waals surface area (Å²) in [7, 11) is 1.52. The van der Waals surface area contributed by atoms with Crippen molar-refractivity contribution in [1.29, 1.82) is 5.26 Å². The summed E-state index contributed by atoms with van der Waals surface area (Å²) in [5.74, 6) is 0.690. The minimum Gasteiger partial charge on any atom is -0.493 e. The summed E-state index contributed by atoms with van der Waals surface area (Å²) < 4.78 is 10.6. The first kappa shape index (κ1) is 21.1. The van der Waals surface area contributed by atoms with Crippen LogP contribution in [0.15, 0.2) is 53.9 Å². The first-order valence-corrected chi connectivity index (χ1v) is 10.2. The predicted octanol–water partition coefficient (Wildman–Crippen LogP) is 4.94. The second-order valence-electron chi connectivity index (χ2n) is 6.27. The molecular formula is C23H21N3O3S. The van der Waals surface area contributed by atoms with Crippen LogP contribution in [-0.2, 0) is 11.2 Å². The van der Waals surface area contributed by atoms with E-state index in [4.69, 9.17) is 14.7 Å². The van der Waals surface area contributed by atoms with E-state index in [1.54, 1.807) is 24.3 Å². The lowest BCUT2D eigenvalue weighted by Crippen LogP contribution is -2.07. The molecule has 1 N–H and O–H groups in total. The number of nitrogens with zero attached hydrogens (tertiary/aromatic N) is 2. The van der Waals surface area contributed by atoms with Gasteiger partial charge in [0.15, 0.2) is 23.2 Å². The Kier molecular flexibility index (Phi) is 7.19. The lowest BCUT2D eigenvalue weighted by atomic mass is 10.1.